The van der Waals surface area contributed by atoms with Crippen molar-refractivity contribution in [2.45, 2.75) is 131 Å². The average molecular weight is 713 g/mol. The zero-order valence-electron chi connectivity index (χ0n) is 32.5. The minimum atomic E-state index is -0.356. The van der Waals surface area contributed by atoms with Crippen LogP contribution in [0.2, 0.25) is 0 Å². The van der Waals surface area contributed by atoms with Gasteiger partial charge in [-0.3, -0.25) is 9.98 Å². The minimum Gasteiger partial charge on any atom is -0.507 e. The first-order chi connectivity index (χ1) is 24.8. The molecule has 282 valence electrons. The highest BCUT2D eigenvalue weighted by molar-refractivity contribution is 6.15. The van der Waals surface area contributed by atoms with E-state index in [1.54, 1.807) is 0 Å². The van der Waals surface area contributed by atoms with E-state index in [1.807, 2.05) is 53.7 Å². The lowest BCUT2D eigenvalue weighted by atomic mass is 9.83. The van der Waals surface area contributed by atoms with Crippen LogP contribution in [0.25, 0.3) is 32.7 Å². The van der Waals surface area contributed by atoms with E-state index in [9.17, 15) is 30.6 Å². The molecule has 0 heterocycles. The smallest absolute Gasteiger partial charge is 0.167 e. The molecule has 0 atom stereocenters. The number of unbranched alkanes of at least 4 members (excludes halogenated alkanes) is 8. The highest BCUT2D eigenvalue weighted by atomic mass is 16.3. The molecule has 0 spiro atoms. The molecule has 0 aliphatic carbocycles. The summed E-state index contributed by atoms with van der Waals surface area (Å²) in [5.41, 5.74) is 3.42. The lowest BCUT2D eigenvalue weighted by Gasteiger charge is -2.23. The highest BCUT2D eigenvalue weighted by Crippen LogP contribution is 2.54. The maximum Gasteiger partial charge on any atom is 0.167 e. The van der Waals surface area contributed by atoms with E-state index < -0.39 is 0 Å². The molecule has 0 aromatic heterocycles. The first-order valence-corrected chi connectivity index (χ1v) is 19.3. The predicted molar refractivity (Wildman–Crippen MR) is 217 cm³/mol. The fraction of sp³-hybridized carbons (Fsp3) is 0.500. The number of hydrogen-bond acceptors (Lipinski definition) is 8. The minimum absolute atomic E-state index is 0.163. The third kappa shape index (κ3) is 8.11. The second kappa shape index (κ2) is 17.8. The van der Waals surface area contributed by atoms with Gasteiger partial charge in [0.1, 0.15) is 11.5 Å². The van der Waals surface area contributed by atoms with Crippen LogP contribution in [0.15, 0.2) is 22.1 Å². The highest BCUT2D eigenvalue weighted by Gasteiger charge is 2.29. The monoisotopic (exact) mass is 712 g/mol. The summed E-state index contributed by atoms with van der Waals surface area (Å²) in [6.45, 7) is 16.8. The number of nitrogens with zero attached hydrogens (tertiary/aromatic N) is 2. The Kier molecular flexibility index (Phi) is 13.8. The Morgan fingerprint density at radius 1 is 0.500 bits per heavy atom. The molecule has 4 aromatic carbocycles. The van der Waals surface area contributed by atoms with E-state index in [4.69, 9.17) is 0 Å². The molecule has 0 saturated heterocycles. The number of hydrogen-bond donors (Lipinski definition) is 6. The lowest BCUT2D eigenvalue weighted by molar-refractivity contribution is 0.398. The maximum absolute atomic E-state index is 12.3. The number of phenols is 6. The molecule has 0 bridgehead atoms. The Hall–Kier alpha value is -4.46. The zero-order valence-corrected chi connectivity index (χ0v) is 32.5. The van der Waals surface area contributed by atoms with E-state index in [1.165, 1.54) is 25.3 Å². The van der Waals surface area contributed by atoms with Crippen molar-refractivity contribution in [1.82, 2.24) is 0 Å². The van der Waals surface area contributed by atoms with Gasteiger partial charge in [0.15, 0.2) is 23.0 Å². The summed E-state index contributed by atoms with van der Waals surface area (Å²) < 4.78 is 0. The van der Waals surface area contributed by atoms with Crippen LogP contribution in [0, 0.1) is 13.8 Å². The van der Waals surface area contributed by atoms with Gasteiger partial charge in [0.25, 0.3) is 0 Å². The average Bonchev–Trinajstić information content (AvgIpc) is 3.08. The van der Waals surface area contributed by atoms with Crippen molar-refractivity contribution >= 4 is 34.0 Å². The van der Waals surface area contributed by atoms with Crippen LogP contribution >= 0.6 is 0 Å². The van der Waals surface area contributed by atoms with Crippen molar-refractivity contribution in [2.75, 3.05) is 13.1 Å². The second-order valence-corrected chi connectivity index (χ2v) is 14.9. The van der Waals surface area contributed by atoms with Gasteiger partial charge in [-0.05, 0) is 60.4 Å². The molecule has 0 unspecified atom stereocenters. The molecule has 4 rings (SSSR count). The number of aryl methyl sites for hydroxylation is 2. The first-order valence-electron chi connectivity index (χ1n) is 19.3. The third-order valence-corrected chi connectivity index (χ3v) is 10.2. The van der Waals surface area contributed by atoms with Gasteiger partial charge >= 0.3 is 0 Å². The molecule has 6 N–H and O–H groups in total. The molecule has 0 aliphatic heterocycles. The van der Waals surface area contributed by atoms with E-state index in [2.05, 4.69) is 23.8 Å². The summed E-state index contributed by atoms with van der Waals surface area (Å²) in [6, 6.07) is 3.75. The van der Waals surface area contributed by atoms with Gasteiger partial charge in [0.2, 0.25) is 0 Å². The van der Waals surface area contributed by atoms with Crippen LogP contribution in [-0.4, -0.2) is 56.2 Å². The Bertz CT molecular complexity index is 1820. The Morgan fingerprint density at radius 3 is 1.17 bits per heavy atom. The van der Waals surface area contributed by atoms with Crippen molar-refractivity contribution in [2.24, 2.45) is 9.98 Å². The van der Waals surface area contributed by atoms with Crippen LogP contribution in [0.1, 0.15) is 151 Å². The van der Waals surface area contributed by atoms with Crippen LogP contribution in [0.5, 0.6) is 34.5 Å². The number of fused-ring (bicyclic) bond motifs is 2. The summed E-state index contributed by atoms with van der Waals surface area (Å²) in [4.78, 5) is 9.19. The van der Waals surface area contributed by atoms with Gasteiger partial charge in [-0.1, -0.05) is 105 Å². The van der Waals surface area contributed by atoms with E-state index in [0.717, 1.165) is 51.4 Å². The quantitative estimate of drug-likeness (QED) is 0.0365. The van der Waals surface area contributed by atoms with Crippen molar-refractivity contribution in [3.63, 3.8) is 0 Å². The number of aromatic hydroxyl groups is 6. The summed E-state index contributed by atoms with van der Waals surface area (Å²) in [6.07, 6.45) is 13.8. The van der Waals surface area contributed by atoms with Crippen molar-refractivity contribution in [3.8, 4) is 45.6 Å². The number of benzene rings is 4. The summed E-state index contributed by atoms with van der Waals surface area (Å²) >= 11 is 0. The van der Waals surface area contributed by atoms with Gasteiger partial charge < -0.3 is 30.6 Å². The zero-order chi connectivity index (χ0) is 38.3. The SMILES string of the molecule is CCCCCCCN=Cc1c(O)c(O)c(C(C)C)c2cc(C)c(-c3c(C)cc4c(C(C)C)c(O)c(O)c(C=NCCCCCCC)c4c3O)c(O)c12. The Balaban J connectivity index is 2.01. The topological polar surface area (TPSA) is 146 Å². The lowest BCUT2D eigenvalue weighted by Crippen LogP contribution is -2.01. The Morgan fingerprint density at radius 2 is 0.846 bits per heavy atom. The van der Waals surface area contributed by atoms with Gasteiger partial charge in [-0.25, -0.2) is 0 Å². The molecular weight excluding hydrogens is 652 g/mol. The van der Waals surface area contributed by atoms with Crippen molar-refractivity contribution in [3.05, 3.63) is 45.5 Å². The number of phenolic OH excluding ortho intramolecular Hbond substituents is 6. The van der Waals surface area contributed by atoms with E-state index >= 15 is 0 Å². The molecule has 8 nitrogen and oxygen atoms in total. The maximum atomic E-state index is 12.3. The van der Waals surface area contributed by atoms with Gasteiger partial charge in [0.05, 0.1) is 0 Å². The Labute approximate surface area is 309 Å². The fourth-order valence-corrected chi connectivity index (χ4v) is 7.55. The van der Waals surface area contributed by atoms with E-state index in [-0.39, 0.29) is 57.5 Å². The predicted octanol–water partition coefficient (Wildman–Crippen LogP) is 11.5. The van der Waals surface area contributed by atoms with Crippen molar-refractivity contribution < 1.29 is 30.6 Å². The normalized spacial score (nSPS) is 12.3. The number of rotatable bonds is 17. The summed E-state index contributed by atoms with van der Waals surface area (Å²) in [5, 5.41) is 71.6. The van der Waals surface area contributed by atoms with Crippen LogP contribution in [0.3, 0.4) is 0 Å². The largest absolute Gasteiger partial charge is 0.507 e. The van der Waals surface area contributed by atoms with Crippen LogP contribution in [-0.2, 0) is 0 Å². The third-order valence-electron chi connectivity index (χ3n) is 10.2. The molecular formula is C44H60N2O6. The summed E-state index contributed by atoms with van der Waals surface area (Å²) in [7, 11) is 0. The fourth-order valence-electron chi connectivity index (χ4n) is 7.55. The van der Waals surface area contributed by atoms with Gasteiger partial charge in [-0.2, -0.15) is 0 Å². The second-order valence-electron chi connectivity index (χ2n) is 14.9. The molecule has 0 amide bonds. The molecule has 0 aliphatic rings. The molecule has 8 heteroatoms. The van der Waals surface area contributed by atoms with Crippen molar-refractivity contribution in [1.29, 1.82) is 0 Å². The molecule has 0 saturated carbocycles. The molecule has 4 aromatic rings. The molecule has 0 radical (unpaired) electrons. The number of aliphatic imine (C=N–C) groups is 2. The molecule has 0 fully saturated rings. The standard InChI is InChI=1S/C44H60N2O6/c1-9-11-13-15-17-19-45-23-31-37-29(33(25(3)4)43(51)39(31)47)21-27(7)35(41(37)49)36-28(8)22-30-34(26(5)6)44(52)40(48)32(38(30)42(36)50)24-46-20-18-16-14-12-10-2/h21-26,47-52H,9-20H2,1-8H3. The molecule has 52 heavy (non-hydrogen) atoms. The van der Waals surface area contributed by atoms with Crippen LogP contribution < -0.4 is 0 Å². The van der Waals surface area contributed by atoms with Gasteiger partial charge in [-0.15, -0.1) is 0 Å². The van der Waals surface area contributed by atoms with Gasteiger partial charge in [0, 0.05) is 69.7 Å². The van der Waals surface area contributed by atoms with E-state index in [0.29, 0.717) is 68.0 Å². The summed E-state index contributed by atoms with van der Waals surface area (Å²) in [5.74, 6) is -1.89. The first kappa shape index (κ1) is 40.3. The van der Waals surface area contributed by atoms with Crippen LogP contribution in [0.4, 0.5) is 0 Å².